The lowest BCUT2D eigenvalue weighted by Gasteiger charge is -2.36. The summed E-state index contributed by atoms with van der Waals surface area (Å²) in [7, 11) is 0. The average molecular weight is 453 g/mol. The summed E-state index contributed by atoms with van der Waals surface area (Å²) in [6, 6.07) is 8.45. The second kappa shape index (κ2) is 9.07. The van der Waals surface area contributed by atoms with Crippen LogP contribution >= 0.6 is 0 Å². The number of ether oxygens (including phenoxy) is 2. The smallest absolute Gasteiger partial charge is 0.416 e. The fourth-order valence-corrected chi connectivity index (χ4v) is 4.08. The molecule has 9 heteroatoms. The Bertz CT molecular complexity index is 982. The summed E-state index contributed by atoms with van der Waals surface area (Å²) in [5, 5.41) is 8.91. The highest BCUT2D eigenvalue weighted by Gasteiger charge is 2.36. The Morgan fingerprint density at radius 2 is 1.97 bits per heavy atom. The number of rotatable bonds is 7. The number of hydrogen-bond acceptors (Lipinski definition) is 4. The summed E-state index contributed by atoms with van der Waals surface area (Å²) in [5.41, 5.74) is 0.281. The normalized spacial score (nSPS) is 19.7. The second-order valence-electron chi connectivity index (χ2n) is 8.25. The highest BCUT2D eigenvalue weighted by atomic mass is 19.4. The number of aliphatic carboxylic acids is 1. The SMILES string of the molecule is O=C(O)C1CN(Cc2ccc(OCc3ccc(C4CCOC4)c(C(F)(F)F)c3)cc2F)C1. The molecule has 2 aliphatic heterocycles. The van der Waals surface area contributed by atoms with Crippen molar-refractivity contribution in [3.05, 3.63) is 64.5 Å². The van der Waals surface area contributed by atoms with Crippen LogP contribution in [0.1, 0.15) is 34.6 Å². The van der Waals surface area contributed by atoms with E-state index >= 15 is 0 Å². The molecule has 4 rings (SSSR count). The molecule has 0 saturated carbocycles. The molecule has 0 spiro atoms. The molecule has 1 N–H and O–H groups in total. The molecule has 0 aliphatic carbocycles. The van der Waals surface area contributed by atoms with E-state index in [1.54, 1.807) is 18.2 Å². The minimum atomic E-state index is -4.49. The summed E-state index contributed by atoms with van der Waals surface area (Å²) >= 11 is 0. The zero-order chi connectivity index (χ0) is 22.9. The molecule has 5 nitrogen and oxygen atoms in total. The molecule has 1 unspecified atom stereocenters. The quantitative estimate of drug-likeness (QED) is 0.628. The van der Waals surface area contributed by atoms with E-state index in [2.05, 4.69) is 0 Å². The van der Waals surface area contributed by atoms with E-state index in [0.29, 0.717) is 37.2 Å². The van der Waals surface area contributed by atoms with E-state index in [9.17, 15) is 22.4 Å². The topological polar surface area (TPSA) is 59.0 Å². The van der Waals surface area contributed by atoms with Gasteiger partial charge in [-0.1, -0.05) is 18.2 Å². The Morgan fingerprint density at radius 3 is 2.59 bits per heavy atom. The van der Waals surface area contributed by atoms with Gasteiger partial charge in [0.1, 0.15) is 18.2 Å². The lowest BCUT2D eigenvalue weighted by Crippen LogP contribution is -2.49. The van der Waals surface area contributed by atoms with Gasteiger partial charge in [-0.15, -0.1) is 0 Å². The third-order valence-electron chi connectivity index (χ3n) is 5.92. The molecule has 2 fully saturated rings. The summed E-state index contributed by atoms with van der Waals surface area (Å²) in [4.78, 5) is 12.7. The van der Waals surface area contributed by atoms with Gasteiger partial charge < -0.3 is 14.6 Å². The number of benzene rings is 2. The van der Waals surface area contributed by atoms with Gasteiger partial charge >= 0.3 is 12.1 Å². The predicted molar refractivity (Wildman–Crippen MR) is 107 cm³/mol. The van der Waals surface area contributed by atoms with Crippen molar-refractivity contribution in [2.75, 3.05) is 26.3 Å². The first-order valence-corrected chi connectivity index (χ1v) is 10.3. The number of likely N-dealkylation sites (tertiary alicyclic amines) is 1. The highest BCUT2D eigenvalue weighted by Crippen LogP contribution is 2.38. The molecule has 1 atom stereocenters. The zero-order valence-corrected chi connectivity index (χ0v) is 17.2. The van der Waals surface area contributed by atoms with Crippen LogP contribution in [-0.2, 0) is 28.9 Å². The number of halogens is 4. The molecular weight excluding hydrogens is 430 g/mol. The van der Waals surface area contributed by atoms with Crippen LogP contribution in [0.5, 0.6) is 5.75 Å². The predicted octanol–water partition coefficient (Wildman–Crippen LogP) is 4.44. The van der Waals surface area contributed by atoms with E-state index in [1.807, 2.05) is 4.90 Å². The number of hydrogen-bond donors (Lipinski definition) is 1. The van der Waals surface area contributed by atoms with Crippen LogP contribution in [0.3, 0.4) is 0 Å². The minimum Gasteiger partial charge on any atom is -0.489 e. The van der Waals surface area contributed by atoms with Crippen LogP contribution in [0.2, 0.25) is 0 Å². The highest BCUT2D eigenvalue weighted by molar-refractivity contribution is 5.71. The number of carboxylic acids is 1. The molecule has 0 radical (unpaired) electrons. The molecule has 2 heterocycles. The van der Waals surface area contributed by atoms with E-state index in [-0.39, 0.29) is 37.0 Å². The number of carbonyl (C=O) groups is 1. The minimum absolute atomic E-state index is 0.129. The van der Waals surface area contributed by atoms with Gasteiger partial charge in [0.15, 0.2) is 0 Å². The van der Waals surface area contributed by atoms with Crippen molar-refractivity contribution in [2.24, 2.45) is 5.92 Å². The molecule has 2 aromatic carbocycles. The molecule has 172 valence electrons. The molecule has 2 aromatic rings. The van der Waals surface area contributed by atoms with Gasteiger partial charge in [-0.05, 0) is 29.7 Å². The second-order valence-corrected chi connectivity index (χ2v) is 8.25. The standard InChI is InChI=1S/C23H23F4NO4/c24-21-8-18(3-2-15(21)9-28-10-17(11-28)22(29)30)32-12-14-1-4-19(16-5-6-31-13-16)20(7-14)23(25,26)27/h1-4,7-8,16-17H,5-6,9-13H2,(H,29,30). The van der Waals surface area contributed by atoms with Crippen molar-refractivity contribution < 1.29 is 36.9 Å². The Labute approximate surface area is 182 Å². The third-order valence-corrected chi connectivity index (χ3v) is 5.92. The van der Waals surface area contributed by atoms with Crippen LogP contribution in [0.25, 0.3) is 0 Å². The lowest BCUT2D eigenvalue weighted by molar-refractivity contribution is -0.147. The van der Waals surface area contributed by atoms with Gasteiger partial charge in [0, 0.05) is 43.8 Å². The summed E-state index contributed by atoms with van der Waals surface area (Å²) in [5.74, 6) is -1.85. The number of alkyl halides is 3. The maximum absolute atomic E-state index is 14.4. The van der Waals surface area contributed by atoms with Crippen LogP contribution < -0.4 is 4.74 Å². The van der Waals surface area contributed by atoms with Crippen molar-refractivity contribution in [1.29, 1.82) is 0 Å². The van der Waals surface area contributed by atoms with Crippen molar-refractivity contribution >= 4 is 5.97 Å². The molecule has 2 saturated heterocycles. The zero-order valence-electron chi connectivity index (χ0n) is 17.2. The van der Waals surface area contributed by atoms with Crippen LogP contribution in [0.15, 0.2) is 36.4 Å². The Balaban J connectivity index is 1.40. The fraction of sp³-hybridized carbons (Fsp3) is 0.435. The van der Waals surface area contributed by atoms with E-state index in [1.165, 1.54) is 12.1 Å². The average Bonchev–Trinajstić information content (AvgIpc) is 3.23. The van der Waals surface area contributed by atoms with Gasteiger partial charge in [-0.2, -0.15) is 13.2 Å². The maximum atomic E-state index is 14.4. The van der Waals surface area contributed by atoms with Crippen molar-refractivity contribution in [1.82, 2.24) is 4.90 Å². The first-order valence-electron chi connectivity index (χ1n) is 10.3. The van der Waals surface area contributed by atoms with Crippen LogP contribution in [0.4, 0.5) is 17.6 Å². The molecular formula is C23H23F4NO4. The van der Waals surface area contributed by atoms with Gasteiger partial charge in [-0.25, -0.2) is 4.39 Å². The van der Waals surface area contributed by atoms with Crippen LogP contribution in [0, 0.1) is 11.7 Å². The molecule has 32 heavy (non-hydrogen) atoms. The maximum Gasteiger partial charge on any atom is 0.416 e. The Kier molecular flexibility index (Phi) is 6.39. The Morgan fingerprint density at radius 1 is 1.19 bits per heavy atom. The largest absolute Gasteiger partial charge is 0.489 e. The molecule has 0 aromatic heterocycles. The van der Waals surface area contributed by atoms with E-state index < -0.39 is 29.4 Å². The first-order chi connectivity index (χ1) is 15.2. The van der Waals surface area contributed by atoms with Gasteiger partial charge in [0.05, 0.1) is 18.1 Å². The number of carboxylic acid groups (broad SMARTS) is 1. The van der Waals surface area contributed by atoms with E-state index in [0.717, 1.165) is 6.07 Å². The first kappa shape index (κ1) is 22.5. The fourth-order valence-electron chi connectivity index (χ4n) is 4.08. The molecule has 2 aliphatic rings. The van der Waals surface area contributed by atoms with E-state index in [4.69, 9.17) is 14.6 Å². The number of nitrogens with zero attached hydrogens (tertiary/aromatic N) is 1. The monoisotopic (exact) mass is 453 g/mol. The summed E-state index contributed by atoms with van der Waals surface area (Å²) in [6.07, 6.45) is -3.93. The Hall–Kier alpha value is -2.65. The summed E-state index contributed by atoms with van der Waals surface area (Å²) < 4.78 is 65.9. The van der Waals surface area contributed by atoms with Crippen molar-refractivity contribution in [2.45, 2.75) is 31.7 Å². The van der Waals surface area contributed by atoms with Gasteiger partial charge in [0.25, 0.3) is 0 Å². The molecule has 0 bridgehead atoms. The lowest BCUT2D eigenvalue weighted by atomic mass is 9.92. The van der Waals surface area contributed by atoms with Crippen molar-refractivity contribution in [3.63, 3.8) is 0 Å². The third kappa shape index (κ3) is 5.05. The van der Waals surface area contributed by atoms with Crippen molar-refractivity contribution in [3.8, 4) is 5.75 Å². The molecule has 0 amide bonds. The van der Waals surface area contributed by atoms with Gasteiger partial charge in [-0.3, -0.25) is 9.69 Å². The van der Waals surface area contributed by atoms with Gasteiger partial charge in [0.2, 0.25) is 0 Å². The van der Waals surface area contributed by atoms with Crippen LogP contribution in [-0.4, -0.2) is 42.3 Å². The summed E-state index contributed by atoms with van der Waals surface area (Å²) in [6.45, 7) is 1.63.